The summed E-state index contributed by atoms with van der Waals surface area (Å²) < 4.78 is 15.9. The van der Waals surface area contributed by atoms with Crippen LogP contribution in [0.5, 0.6) is 11.5 Å². The van der Waals surface area contributed by atoms with E-state index >= 15 is 0 Å². The Hall–Kier alpha value is -2.54. The third-order valence-electron chi connectivity index (χ3n) is 2.84. The number of nitrogens with one attached hydrogen (secondary N) is 2. The largest absolute Gasteiger partial charge is 0.494 e. The molecule has 0 saturated heterocycles. The highest BCUT2D eigenvalue weighted by Gasteiger charge is 2.15. The lowest BCUT2D eigenvalue weighted by Gasteiger charge is -2.15. The molecule has 0 radical (unpaired) electrons. The molecule has 24 heavy (non-hydrogen) atoms. The van der Waals surface area contributed by atoms with E-state index in [4.69, 9.17) is 14.2 Å². The molecule has 2 N–H and O–H groups in total. The first-order valence-corrected chi connectivity index (χ1v) is 7.73. The van der Waals surface area contributed by atoms with E-state index in [2.05, 4.69) is 17.4 Å². The van der Waals surface area contributed by atoms with Gasteiger partial charge in [-0.3, -0.25) is 20.4 Å². The number of hydrazine groups is 1. The van der Waals surface area contributed by atoms with Crippen molar-refractivity contribution in [1.29, 1.82) is 0 Å². The second-order valence-electron chi connectivity index (χ2n) is 4.83. The molecule has 2 amide bonds. The lowest BCUT2D eigenvalue weighted by atomic mass is 10.3. The van der Waals surface area contributed by atoms with Crippen molar-refractivity contribution in [3.05, 3.63) is 36.9 Å². The van der Waals surface area contributed by atoms with E-state index in [0.29, 0.717) is 25.4 Å². The molecular weight excluding hydrogens is 312 g/mol. The van der Waals surface area contributed by atoms with Gasteiger partial charge in [-0.2, -0.15) is 0 Å². The minimum atomic E-state index is -0.773. The Kier molecular flexibility index (Phi) is 8.99. The van der Waals surface area contributed by atoms with Gasteiger partial charge in [-0.25, -0.2) is 0 Å². The van der Waals surface area contributed by atoms with Crippen molar-refractivity contribution in [3.63, 3.8) is 0 Å². The van der Waals surface area contributed by atoms with Gasteiger partial charge in [-0.1, -0.05) is 6.08 Å². The normalized spacial score (nSPS) is 11.2. The molecule has 0 unspecified atom stereocenters. The van der Waals surface area contributed by atoms with Gasteiger partial charge in [-0.05, 0) is 44.5 Å². The molecule has 7 heteroatoms. The Morgan fingerprint density at radius 2 is 1.88 bits per heavy atom. The highest BCUT2D eigenvalue weighted by molar-refractivity contribution is 5.85. The Labute approximate surface area is 141 Å². The molecule has 1 aromatic carbocycles. The van der Waals surface area contributed by atoms with Crippen LogP contribution >= 0.6 is 0 Å². The maximum absolute atomic E-state index is 11.9. The van der Waals surface area contributed by atoms with E-state index in [1.165, 1.54) is 0 Å². The monoisotopic (exact) mass is 336 g/mol. The number of carbonyl (C=O) groups excluding carboxylic acids is 2. The van der Waals surface area contributed by atoms with Gasteiger partial charge in [0.15, 0.2) is 6.10 Å². The number of hydrogen-bond acceptors (Lipinski definition) is 5. The summed E-state index contributed by atoms with van der Waals surface area (Å²) >= 11 is 0. The SMILES string of the molecule is C=CCCOCC(=O)NNC(=O)[C@@H](C)Oc1ccc(OCC)cc1. The smallest absolute Gasteiger partial charge is 0.279 e. The maximum atomic E-state index is 11.9. The molecular formula is C17H24N2O5. The zero-order chi connectivity index (χ0) is 17.8. The van der Waals surface area contributed by atoms with E-state index in [9.17, 15) is 9.59 Å². The molecule has 1 atom stereocenters. The molecule has 1 rings (SSSR count). The van der Waals surface area contributed by atoms with Crippen LogP contribution in [0.4, 0.5) is 0 Å². The van der Waals surface area contributed by atoms with E-state index in [-0.39, 0.29) is 6.61 Å². The predicted molar refractivity (Wildman–Crippen MR) is 89.6 cm³/mol. The van der Waals surface area contributed by atoms with Crippen molar-refractivity contribution >= 4 is 11.8 Å². The van der Waals surface area contributed by atoms with Crippen LogP contribution in [-0.4, -0.2) is 37.7 Å². The number of amides is 2. The summed E-state index contributed by atoms with van der Waals surface area (Å²) in [6, 6.07) is 6.93. The minimum Gasteiger partial charge on any atom is -0.494 e. The number of carbonyl (C=O) groups is 2. The van der Waals surface area contributed by atoms with Gasteiger partial charge >= 0.3 is 0 Å². The topological polar surface area (TPSA) is 85.9 Å². The molecule has 0 saturated carbocycles. The van der Waals surface area contributed by atoms with Crippen LogP contribution < -0.4 is 20.3 Å². The van der Waals surface area contributed by atoms with Gasteiger partial charge in [0.1, 0.15) is 18.1 Å². The number of hydrogen-bond donors (Lipinski definition) is 2. The summed E-state index contributed by atoms with van der Waals surface area (Å²) in [7, 11) is 0. The third kappa shape index (κ3) is 7.64. The van der Waals surface area contributed by atoms with Crippen molar-refractivity contribution < 1.29 is 23.8 Å². The molecule has 132 valence electrons. The van der Waals surface area contributed by atoms with Crippen LogP contribution in [0.2, 0.25) is 0 Å². The summed E-state index contributed by atoms with van der Waals surface area (Å²) in [5.74, 6) is 0.342. The maximum Gasteiger partial charge on any atom is 0.279 e. The van der Waals surface area contributed by atoms with E-state index < -0.39 is 17.9 Å². The highest BCUT2D eigenvalue weighted by Crippen LogP contribution is 2.18. The average molecular weight is 336 g/mol. The lowest BCUT2D eigenvalue weighted by Crippen LogP contribution is -2.48. The van der Waals surface area contributed by atoms with E-state index in [0.717, 1.165) is 5.75 Å². The highest BCUT2D eigenvalue weighted by atomic mass is 16.5. The molecule has 0 fully saturated rings. The Morgan fingerprint density at radius 1 is 1.21 bits per heavy atom. The standard InChI is InChI=1S/C17H24N2O5/c1-4-6-11-22-12-16(20)18-19-17(21)13(3)24-15-9-7-14(8-10-15)23-5-2/h4,7-10,13H,1,5-6,11-12H2,2-3H3,(H,18,20)(H,19,21)/t13-/m1/s1. The van der Waals surface area contributed by atoms with Crippen LogP contribution in [0.1, 0.15) is 20.3 Å². The van der Waals surface area contributed by atoms with Crippen LogP contribution in [-0.2, 0) is 14.3 Å². The van der Waals surface area contributed by atoms with Crippen LogP contribution in [0.15, 0.2) is 36.9 Å². The molecule has 0 aromatic heterocycles. The Bertz CT molecular complexity index is 530. The van der Waals surface area contributed by atoms with Crippen molar-refractivity contribution in [2.24, 2.45) is 0 Å². The first kappa shape index (κ1) is 19.5. The molecule has 0 heterocycles. The second kappa shape index (κ2) is 11.1. The molecule has 0 aliphatic carbocycles. The molecule has 0 aliphatic heterocycles. The van der Waals surface area contributed by atoms with Crippen LogP contribution in [0.3, 0.4) is 0 Å². The zero-order valence-corrected chi connectivity index (χ0v) is 14.0. The first-order chi connectivity index (χ1) is 11.6. The predicted octanol–water partition coefficient (Wildman–Crippen LogP) is 1.59. The summed E-state index contributed by atoms with van der Waals surface area (Å²) in [4.78, 5) is 23.3. The molecule has 7 nitrogen and oxygen atoms in total. The fourth-order valence-electron chi connectivity index (χ4n) is 1.64. The number of ether oxygens (including phenoxy) is 3. The van der Waals surface area contributed by atoms with Gasteiger partial charge < -0.3 is 14.2 Å². The number of benzene rings is 1. The van der Waals surface area contributed by atoms with Crippen molar-refractivity contribution in [2.45, 2.75) is 26.4 Å². The molecule has 0 spiro atoms. The van der Waals surface area contributed by atoms with Gasteiger partial charge in [0.05, 0.1) is 13.2 Å². The average Bonchev–Trinajstić information content (AvgIpc) is 2.58. The first-order valence-electron chi connectivity index (χ1n) is 7.73. The molecule has 1 aromatic rings. The summed E-state index contributed by atoms with van der Waals surface area (Å²) in [6.45, 7) is 7.87. The summed E-state index contributed by atoms with van der Waals surface area (Å²) in [5.41, 5.74) is 4.55. The van der Waals surface area contributed by atoms with Gasteiger partial charge in [0.2, 0.25) is 0 Å². The van der Waals surface area contributed by atoms with Crippen LogP contribution in [0, 0.1) is 0 Å². The molecule has 0 bridgehead atoms. The Morgan fingerprint density at radius 3 is 2.50 bits per heavy atom. The Balaban J connectivity index is 2.31. The van der Waals surface area contributed by atoms with Crippen LogP contribution in [0.25, 0.3) is 0 Å². The number of rotatable bonds is 10. The lowest BCUT2D eigenvalue weighted by molar-refractivity contribution is -0.134. The summed E-state index contributed by atoms with van der Waals surface area (Å²) in [5, 5.41) is 0. The van der Waals surface area contributed by atoms with Crippen molar-refractivity contribution in [1.82, 2.24) is 10.9 Å². The third-order valence-corrected chi connectivity index (χ3v) is 2.84. The van der Waals surface area contributed by atoms with Crippen molar-refractivity contribution in [3.8, 4) is 11.5 Å². The van der Waals surface area contributed by atoms with Gasteiger partial charge in [-0.15, -0.1) is 6.58 Å². The van der Waals surface area contributed by atoms with Crippen molar-refractivity contribution in [2.75, 3.05) is 19.8 Å². The van der Waals surface area contributed by atoms with E-state index in [1.54, 1.807) is 37.3 Å². The van der Waals surface area contributed by atoms with Gasteiger partial charge in [0.25, 0.3) is 11.8 Å². The second-order valence-corrected chi connectivity index (χ2v) is 4.83. The zero-order valence-electron chi connectivity index (χ0n) is 14.0. The van der Waals surface area contributed by atoms with E-state index in [1.807, 2.05) is 6.92 Å². The minimum absolute atomic E-state index is 0.137. The fourth-order valence-corrected chi connectivity index (χ4v) is 1.64. The summed E-state index contributed by atoms with van der Waals surface area (Å²) in [6.07, 6.45) is 1.58. The molecule has 0 aliphatic rings. The van der Waals surface area contributed by atoms with Gasteiger partial charge in [0, 0.05) is 0 Å². The quantitative estimate of drug-likeness (QED) is 0.385. The fraction of sp³-hybridized carbons (Fsp3) is 0.412.